The molecule has 1 rings (SSSR count). The van der Waals surface area contributed by atoms with Crippen molar-refractivity contribution in [1.82, 2.24) is 0 Å². The van der Waals surface area contributed by atoms with E-state index >= 15 is 0 Å². The first-order chi connectivity index (χ1) is 5.42. The van der Waals surface area contributed by atoms with Crippen molar-refractivity contribution in [3.8, 4) is 0 Å². The van der Waals surface area contributed by atoms with Crippen molar-refractivity contribution in [2.45, 2.75) is 45.6 Å². The average Bonchev–Trinajstić information content (AvgIpc) is 2.27. The zero-order chi connectivity index (χ0) is 9.41. The summed E-state index contributed by atoms with van der Waals surface area (Å²) in [7, 11) is 0. The Morgan fingerprint density at radius 2 is 1.92 bits per heavy atom. The Bertz CT molecular complexity index is 163. The molecule has 2 N–H and O–H groups in total. The van der Waals surface area contributed by atoms with Crippen LogP contribution in [0, 0.1) is 11.3 Å². The van der Waals surface area contributed by atoms with E-state index in [-0.39, 0.29) is 12.0 Å². The minimum atomic E-state index is -0.549. The summed E-state index contributed by atoms with van der Waals surface area (Å²) in [5.74, 6) is 0.455. The smallest absolute Gasteiger partial charge is 0.0626 e. The molecule has 2 heteroatoms. The maximum absolute atomic E-state index is 9.80. The van der Waals surface area contributed by atoms with E-state index in [1.807, 2.05) is 6.92 Å². The molecule has 0 amide bonds. The van der Waals surface area contributed by atoms with Gasteiger partial charge in [0.05, 0.1) is 5.60 Å². The fourth-order valence-corrected chi connectivity index (χ4v) is 2.26. The molecule has 0 saturated heterocycles. The normalized spacial score (nSPS) is 42.5. The molecule has 1 aliphatic carbocycles. The van der Waals surface area contributed by atoms with Crippen LogP contribution in [0.1, 0.15) is 40.0 Å². The molecule has 0 radical (unpaired) electrons. The van der Waals surface area contributed by atoms with Gasteiger partial charge in [-0.25, -0.2) is 0 Å². The Morgan fingerprint density at radius 3 is 2.08 bits per heavy atom. The van der Waals surface area contributed by atoms with Crippen molar-refractivity contribution in [1.29, 1.82) is 0 Å². The SMILES string of the molecule is CC(C)[C@]1(CO)CC[C@@](C)(O)C1. The molecule has 0 heterocycles. The van der Waals surface area contributed by atoms with Crippen molar-refractivity contribution in [2.75, 3.05) is 6.61 Å². The highest BCUT2D eigenvalue weighted by atomic mass is 16.3. The molecule has 72 valence electrons. The van der Waals surface area contributed by atoms with Gasteiger partial charge in [-0.1, -0.05) is 13.8 Å². The third kappa shape index (κ3) is 1.64. The maximum atomic E-state index is 9.80. The monoisotopic (exact) mass is 172 g/mol. The molecular formula is C10H20O2. The van der Waals surface area contributed by atoms with Gasteiger partial charge in [0.25, 0.3) is 0 Å². The van der Waals surface area contributed by atoms with Crippen LogP contribution in [0.15, 0.2) is 0 Å². The van der Waals surface area contributed by atoms with Gasteiger partial charge in [0.15, 0.2) is 0 Å². The summed E-state index contributed by atoms with van der Waals surface area (Å²) in [5, 5.41) is 19.1. The third-order valence-corrected chi connectivity index (χ3v) is 3.43. The average molecular weight is 172 g/mol. The van der Waals surface area contributed by atoms with Gasteiger partial charge in [0, 0.05) is 6.61 Å². The van der Waals surface area contributed by atoms with Gasteiger partial charge in [-0.05, 0) is 37.5 Å². The molecule has 1 fully saturated rings. The molecular weight excluding hydrogens is 152 g/mol. The molecule has 12 heavy (non-hydrogen) atoms. The zero-order valence-corrected chi connectivity index (χ0v) is 8.30. The number of aliphatic hydroxyl groups is 2. The Hall–Kier alpha value is -0.0800. The van der Waals surface area contributed by atoms with E-state index in [1.54, 1.807) is 0 Å². The molecule has 2 atom stereocenters. The van der Waals surface area contributed by atoms with Crippen molar-refractivity contribution >= 4 is 0 Å². The fourth-order valence-electron chi connectivity index (χ4n) is 2.26. The van der Waals surface area contributed by atoms with Crippen LogP contribution < -0.4 is 0 Å². The lowest BCUT2D eigenvalue weighted by molar-refractivity contribution is 0.0202. The lowest BCUT2D eigenvalue weighted by Gasteiger charge is -2.32. The maximum Gasteiger partial charge on any atom is 0.0626 e. The van der Waals surface area contributed by atoms with Crippen LogP contribution in [0.5, 0.6) is 0 Å². The summed E-state index contributed by atoms with van der Waals surface area (Å²) in [6.07, 6.45) is 2.52. The van der Waals surface area contributed by atoms with Crippen LogP contribution in [0.4, 0.5) is 0 Å². The van der Waals surface area contributed by atoms with E-state index in [0.29, 0.717) is 5.92 Å². The molecule has 2 nitrogen and oxygen atoms in total. The second-order valence-electron chi connectivity index (χ2n) is 4.85. The molecule has 1 saturated carbocycles. The molecule has 0 aromatic heterocycles. The van der Waals surface area contributed by atoms with Crippen molar-refractivity contribution < 1.29 is 10.2 Å². The Morgan fingerprint density at radius 1 is 1.33 bits per heavy atom. The van der Waals surface area contributed by atoms with Crippen LogP contribution in [0.2, 0.25) is 0 Å². The first-order valence-corrected chi connectivity index (χ1v) is 4.75. The van der Waals surface area contributed by atoms with E-state index < -0.39 is 5.60 Å². The first-order valence-electron chi connectivity index (χ1n) is 4.75. The number of rotatable bonds is 2. The van der Waals surface area contributed by atoms with E-state index in [2.05, 4.69) is 13.8 Å². The van der Waals surface area contributed by atoms with E-state index in [9.17, 15) is 10.2 Å². The lowest BCUT2D eigenvalue weighted by atomic mass is 9.75. The summed E-state index contributed by atoms with van der Waals surface area (Å²) in [4.78, 5) is 0. The van der Waals surface area contributed by atoms with Gasteiger partial charge >= 0.3 is 0 Å². The highest BCUT2D eigenvalue weighted by molar-refractivity contribution is 4.96. The van der Waals surface area contributed by atoms with E-state index in [0.717, 1.165) is 19.3 Å². The number of hydrogen-bond acceptors (Lipinski definition) is 2. The van der Waals surface area contributed by atoms with E-state index in [4.69, 9.17) is 0 Å². The quantitative estimate of drug-likeness (QED) is 0.663. The van der Waals surface area contributed by atoms with Crippen LogP contribution in [-0.4, -0.2) is 22.4 Å². The third-order valence-electron chi connectivity index (χ3n) is 3.43. The molecule has 0 unspecified atom stereocenters. The van der Waals surface area contributed by atoms with Crippen LogP contribution in [0.3, 0.4) is 0 Å². The van der Waals surface area contributed by atoms with Gasteiger partial charge in [-0.3, -0.25) is 0 Å². The minimum Gasteiger partial charge on any atom is -0.396 e. The highest BCUT2D eigenvalue weighted by Gasteiger charge is 2.45. The molecule has 0 aliphatic heterocycles. The standard InChI is InChI=1S/C10H20O2/c1-8(2)10(7-11)5-4-9(3,12)6-10/h8,11-12H,4-7H2,1-3H3/t9-,10-/m1/s1. The molecule has 1 aliphatic rings. The first kappa shape index (κ1) is 10.0. The van der Waals surface area contributed by atoms with Gasteiger partial charge in [-0.2, -0.15) is 0 Å². The molecule has 0 spiro atoms. The molecule has 0 bridgehead atoms. The van der Waals surface area contributed by atoms with Gasteiger partial charge in [0.2, 0.25) is 0 Å². The van der Waals surface area contributed by atoms with Gasteiger partial charge in [0.1, 0.15) is 0 Å². The largest absolute Gasteiger partial charge is 0.396 e. The zero-order valence-electron chi connectivity index (χ0n) is 8.30. The second kappa shape index (κ2) is 3.00. The second-order valence-corrected chi connectivity index (χ2v) is 4.85. The predicted octanol–water partition coefficient (Wildman–Crippen LogP) is 1.56. The van der Waals surface area contributed by atoms with Crippen molar-refractivity contribution in [2.24, 2.45) is 11.3 Å². The Kier molecular flexibility index (Phi) is 2.50. The van der Waals surface area contributed by atoms with Crippen molar-refractivity contribution in [3.63, 3.8) is 0 Å². The summed E-state index contributed by atoms with van der Waals surface area (Å²) in [5.41, 5.74) is -0.573. The highest BCUT2D eigenvalue weighted by Crippen LogP contribution is 2.48. The summed E-state index contributed by atoms with van der Waals surface area (Å²) < 4.78 is 0. The van der Waals surface area contributed by atoms with Crippen LogP contribution in [0.25, 0.3) is 0 Å². The summed E-state index contributed by atoms with van der Waals surface area (Å²) >= 11 is 0. The van der Waals surface area contributed by atoms with Gasteiger partial charge in [-0.15, -0.1) is 0 Å². The Balaban J connectivity index is 2.73. The summed E-state index contributed by atoms with van der Waals surface area (Å²) in [6.45, 7) is 6.32. The predicted molar refractivity (Wildman–Crippen MR) is 48.8 cm³/mol. The van der Waals surface area contributed by atoms with Crippen LogP contribution in [-0.2, 0) is 0 Å². The Labute approximate surface area is 74.6 Å². The minimum absolute atomic E-state index is 0.0243. The number of hydrogen-bond donors (Lipinski definition) is 2. The fraction of sp³-hybridized carbons (Fsp3) is 1.00. The molecule has 0 aromatic carbocycles. The topological polar surface area (TPSA) is 40.5 Å². The van der Waals surface area contributed by atoms with E-state index in [1.165, 1.54) is 0 Å². The van der Waals surface area contributed by atoms with Crippen LogP contribution >= 0.6 is 0 Å². The lowest BCUT2D eigenvalue weighted by Crippen LogP contribution is -2.31. The van der Waals surface area contributed by atoms with Crippen molar-refractivity contribution in [3.05, 3.63) is 0 Å². The molecule has 0 aromatic rings. The number of aliphatic hydroxyl groups excluding tert-OH is 1. The summed E-state index contributed by atoms with van der Waals surface area (Å²) in [6, 6.07) is 0. The van der Waals surface area contributed by atoms with Gasteiger partial charge < -0.3 is 10.2 Å².